The molecule has 5 fully saturated rings. The molecule has 0 bridgehead atoms. The Balaban J connectivity index is 0. The summed E-state index contributed by atoms with van der Waals surface area (Å²) in [5.74, 6) is 21.5. The van der Waals surface area contributed by atoms with Gasteiger partial charge in [0.15, 0.2) is 7.38 Å². The van der Waals surface area contributed by atoms with Crippen LogP contribution >= 0.6 is 84.3 Å². The first-order chi connectivity index (χ1) is 62.1. The zero-order valence-electron chi connectivity index (χ0n) is 94.4. The number of allylic oxidation sites excluding steroid dienone is 15. The molecule has 5 saturated carbocycles. The van der Waals surface area contributed by atoms with Gasteiger partial charge in [-0.25, -0.2) is 0 Å². The summed E-state index contributed by atoms with van der Waals surface area (Å²) in [6.07, 6.45) is 29.3. The second kappa shape index (κ2) is 66.8. The van der Waals surface area contributed by atoms with E-state index in [1.165, 1.54) is 185 Å². The number of furan rings is 4. The summed E-state index contributed by atoms with van der Waals surface area (Å²) < 4.78 is 23.7. The molecule has 758 valence electrons. The summed E-state index contributed by atoms with van der Waals surface area (Å²) in [5, 5.41) is 0. The normalized spacial score (nSPS) is 24.5. The summed E-state index contributed by atoms with van der Waals surface area (Å²) in [5.41, 5.74) is 29.5. The van der Waals surface area contributed by atoms with E-state index >= 15 is 0 Å². The van der Waals surface area contributed by atoms with Crippen LogP contribution < -0.4 is 75.4 Å². The molecule has 0 N–H and O–H groups in total. The third kappa shape index (κ3) is 41.0. The second-order valence-corrected chi connectivity index (χ2v) is 88.6. The molecule has 0 saturated heterocycles. The molecule has 4 heterocycles. The SMILES string of the molecule is CC1=C(C)C(C)=C(C)C1.CC1=C(C)C([Si](C)(C)Cl)C(C)=C1C.CC1=CC([Si](C)(C)C2C(C)=C(C)C(C)=C2C)c2cccc(-c3ccc(C)o3)c21.C[Si](C)(Cl)Cl.Cc1ccc(-c2cccc3c2C(C)C=C3)o1.Cc1ccc(C2CCCC3C(CC4C(C)C(C)C(C)C4C)CC(C)C23)o1.Cc1ccc(C2CCCC3CCC(C)C32)o1.[CH2-]CCC.[CH2-]CCC.[CH2-]CCC.[CH3-].[CH3-].[Cl][Zr+2][Cl].[Cl][Zr]([Cl])([Cl])[Cl].[Li+].[Li+].[Li+].[Li+]. The van der Waals surface area contributed by atoms with E-state index in [2.05, 4.69) is 317 Å². The Morgan fingerprint density at radius 3 is 1.21 bits per heavy atom. The maximum absolute atomic E-state index is 6.53. The van der Waals surface area contributed by atoms with Gasteiger partial charge < -0.3 is 53.3 Å². The topological polar surface area (TPSA) is 52.6 Å². The molecular weight excluding hydrogens is 2080 g/mol. The quantitative estimate of drug-likeness (QED) is 0.0696. The number of hydrogen-bond acceptors (Lipinski definition) is 4. The van der Waals surface area contributed by atoms with Crippen LogP contribution in [0.1, 0.15) is 349 Å². The van der Waals surface area contributed by atoms with Gasteiger partial charge in [0.1, 0.15) is 46.1 Å². The molecule has 15 atom stereocenters. The molecule has 0 radical (unpaired) electrons. The standard InChI is InChI=1S/C26H32OSi.C25H40O.C15H22O.C15H14O.C11H19ClSi.C9H14.3C4H9.C2H6Cl2Si.2CH3.6ClH.4Li.2Zr/c1-15-14-24(28(7,8)26-19(5)17(3)18(4)20(26)6)22-11-9-10-21(25(15)22)23-13-12-16(2)27-23;1-14-12-20(13-23-18(5)16(3)17(4)19(23)6)21-8-7-9-22(25(14)21)24-11-10-15(2)26-24;2*1-10-6-8-12-4-3-5-13(15(10)12)14-9-7-11(2)16-14;1-7-8(2)10(4)11(9(7)3)13(5,6)12;1-6-5-7(2)9(4)8(6)3;3*1-3-4-2;1-5(2,3)4;;;;;;;;;;;;;;/h9-14,24,26H,1-8H3;10-11,14,16-23,25H,7-9,12-13H2,1-6H3;7,9-10,12-13,15H,3-6,8H2,1-2H3;3-10H,1-2H3;11H,1-6H3;5H2,1-4H3;3*1,3-4H2,2H3;1-2H3;2*1H3;6*1H;;;;;;/q;;;;;;3*-1;;2*-1;;;;;;;4*+1;2*+4/p-6. The molecule has 16 rings (SSSR count). The van der Waals surface area contributed by atoms with Crippen LogP contribution in [0.15, 0.2) is 182 Å². The van der Waals surface area contributed by atoms with Gasteiger partial charge in [0.2, 0.25) is 6.69 Å². The number of halogens is 9. The molecule has 4 aromatic heterocycles. The van der Waals surface area contributed by atoms with Crippen LogP contribution in [-0.4, -0.2) is 22.2 Å². The smallest absolute Gasteiger partial charge is 1.00 e. The van der Waals surface area contributed by atoms with E-state index in [9.17, 15) is 0 Å². The third-order valence-electron chi connectivity index (χ3n) is 31.7. The van der Waals surface area contributed by atoms with E-state index in [0.29, 0.717) is 34.4 Å². The zero-order valence-corrected chi connectivity index (χ0v) is 109. The predicted molar refractivity (Wildman–Crippen MR) is 607 cm³/mol. The van der Waals surface area contributed by atoms with Crippen molar-refractivity contribution in [1.29, 1.82) is 0 Å². The minimum absolute atomic E-state index is 0. The monoisotopic (exact) mass is 2260 g/mol. The van der Waals surface area contributed by atoms with Gasteiger partial charge in [-0.05, 0) is 368 Å². The van der Waals surface area contributed by atoms with Gasteiger partial charge >= 0.3 is 163 Å². The van der Waals surface area contributed by atoms with E-state index in [0.717, 1.165) is 125 Å². The molecule has 22 heteroatoms. The van der Waals surface area contributed by atoms with E-state index in [4.69, 9.17) is 102 Å². The molecule has 0 aliphatic heterocycles. The molecule has 15 unspecified atom stereocenters. The molecule has 6 aromatic rings. The van der Waals surface area contributed by atoms with Gasteiger partial charge in [0.25, 0.3) is 0 Å². The third-order valence-corrected chi connectivity index (χ3v) is 39.0. The first-order valence-corrected chi connectivity index (χ1v) is 81.4. The fraction of sp³-hybridized carbons (Fsp3) is 0.581. The van der Waals surface area contributed by atoms with Crippen molar-refractivity contribution < 1.29 is 129 Å². The van der Waals surface area contributed by atoms with Crippen molar-refractivity contribution in [3.63, 3.8) is 0 Å². The van der Waals surface area contributed by atoms with E-state index in [1.54, 1.807) is 22.3 Å². The van der Waals surface area contributed by atoms with E-state index in [1.807, 2.05) is 33.0 Å². The average Bonchev–Trinajstić information content (AvgIpc) is 1.57. The van der Waals surface area contributed by atoms with Crippen molar-refractivity contribution in [2.75, 3.05) is 0 Å². The van der Waals surface area contributed by atoms with Crippen LogP contribution in [0, 0.1) is 134 Å². The van der Waals surface area contributed by atoms with E-state index in [-0.39, 0.29) is 90.3 Å². The summed E-state index contributed by atoms with van der Waals surface area (Å²) in [7, 11) is 26.8. The number of aryl methyl sites for hydroxylation is 4. The number of benzene rings is 2. The fourth-order valence-corrected chi connectivity index (χ4v) is 31.9. The van der Waals surface area contributed by atoms with Gasteiger partial charge in [0.05, 0.1) is 8.07 Å². The minimum Gasteiger partial charge on any atom is 1.00 e. The van der Waals surface area contributed by atoms with Gasteiger partial charge in [0, 0.05) is 34.4 Å². The number of rotatable bonds is 12. The second-order valence-electron chi connectivity index (χ2n) is 42.1. The molecule has 0 amide bonds. The number of unbranched alkanes of at least 4 members (excludes halogenated alkanes) is 3. The average molecular weight is 2260 g/mol. The van der Waals surface area contributed by atoms with Crippen LogP contribution in [0.25, 0.3) is 34.3 Å². The van der Waals surface area contributed by atoms with Crippen molar-refractivity contribution in [3.8, 4) is 22.6 Å². The van der Waals surface area contributed by atoms with Crippen molar-refractivity contribution >= 4 is 118 Å². The fourth-order valence-electron chi connectivity index (χ4n) is 23.6. The molecule has 10 aliphatic rings. The zero-order chi connectivity index (χ0) is 101. The summed E-state index contributed by atoms with van der Waals surface area (Å²) in [4.78, 5) is 0. The number of hydrogen-bond donors (Lipinski definition) is 0. The summed E-state index contributed by atoms with van der Waals surface area (Å²) in [6, 6.07) is 30.2. The molecule has 139 heavy (non-hydrogen) atoms. The Morgan fingerprint density at radius 1 is 0.453 bits per heavy atom. The summed E-state index contributed by atoms with van der Waals surface area (Å²) >= 11 is 13.3. The Hall–Kier alpha value is 0.896. The largest absolute Gasteiger partial charge is 1.00 e. The van der Waals surface area contributed by atoms with Gasteiger partial charge in [-0.1, -0.05) is 228 Å². The van der Waals surface area contributed by atoms with Crippen molar-refractivity contribution in [3.05, 3.63) is 256 Å². The van der Waals surface area contributed by atoms with Crippen LogP contribution in [0.5, 0.6) is 0 Å². The Kier molecular flexibility index (Phi) is 68.2. The van der Waals surface area contributed by atoms with E-state index < -0.39 is 58.5 Å². The first kappa shape index (κ1) is 142. The van der Waals surface area contributed by atoms with Crippen LogP contribution in [0.3, 0.4) is 0 Å². The Labute approximate surface area is 955 Å². The molecule has 0 spiro atoms. The molecular formula is C117H180Cl9Li4O4Si3Zr2+. The van der Waals surface area contributed by atoms with Crippen LogP contribution in [0.2, 0.25) is 50.4 Å². The minimum atomic E-state index is -3.29. The van der Waals surface area contributed by atoms with Crippen LogP contribution in [0.4, 0.5) is 0 Å². The van der Waals surface area contributed by atoms with Gasteiger partial charge in [-0.15, -0.1) is 22.2 Å². The Morgan fingerprint density at radius 2 is 0.835 bits per heavy atom. The van der Waals surface area contributed by atoms with Gasteiger partial charge in [-0.3, -0.25) is 0 Å². The molecule has 10 aliphatic carbocycles. The predicted octanol–water partition coefficient (Wildman–Crippen LogP) is 31.9. The van der Waals surface area contributed by atoms with Crippen molar-refractivity contribution in [1.82, 2.24) is 0 Å². The number of fused-ring (bicyclic) bond motifs is 4. The Bertz CT molecular complexity index is 4780. The summed E-state index contributed by atoms with van der Waals surface area (Å²) in [6.45, 7) is 83.7. The maximum atomic E-state index is 6.53. The van der Waals surface area contributed by atoms with Crippen LogP contribution in [-0.2, 0) is 36.3 Å². The van der Waals surface area contributed by atoms with Crippen molar-refractivity contribution in [2.24, 2.45) is 71.0 Å². The molecule has 2 aromatic carbocycles. The van der Waals surface area contributed by atoms with Gasteiger partial charge in [-0.2, -0.15) is 30.3 Å². The first-order valence-electron chi connectivity index (χ1n) is 50.2. The van der Waals surface area contributed by atoms with Crippen molar-refractivity contribution in [2.45, 2.75) is 370 Å². The molecule has 4 nitrogen and oxygen atoms in total. The maximum Gasteiger partial charge on any atom is 1.00 e.